The molecule has 0 aliphatic rings. The van der Waals surface area contributed by atoms with Gasteiger partial charge in [0.1, 0.15) is 17.3 Å². The second-order valence-electron chi connectivity index (χ2n) is 2.78. The van der Waals surface area contributed by atoms with Crippen molar-refractivity contribution >= 4 is 39.1 Å². The van der Waals surface area contributed by atoms with E-state index in [2.05, 4.69) is 20.9 Å². The lowest BCUT2D eigenvalue weighted by molar-refractivity contribution is 0.476. The van der Waals surface area contributed by atoms with E-state index in [1.807, 2.05) is 6.92 Å². The molecule has 0 aliphatic heterocycles. The van der Waals surface area contributed by atoms with Crippen LogP contribution in [0.4, 0.5) is 5.69 Å². The molecule has 0 radical (unpaired) electrons. The molecule has 0 aromatic heterocycles. The van der Waals surface area contributed by atoms with Crippen molar-refractivity contribution in [1.29, 1.82) is 0 Å². The average molecular weight is 278 g/mol. The van der Waals surface area contributed by atoms with Gasteiger partial charge in [-0.05, 0) is 24.6 Å². The first-order valence-corrected chi connectivity index (χ1v) is 5.26. The molecule has 1 aromatic rings. The first-order chi connectivity index (χ1) is 6.56. The Morgan fingerprint density at radius 2 is 2.29 bits per heavy atom. The molecule has 0 heterocycles. The molecule has 0 spiro atoms. The summed E-state index contributed by atoms with van der Waals surface area (Å²) in [6.45, 7) is 1.84. The average Bonchev–Trinajstić information content (AvgIpc) is 2.18. The zero-order valence-electron chi connectivity index (χ0n) is 7.59. The SMILES string of the molecule is Cc1c(Br)ccc(O)c1N=C(N)CCl. The second kappa shape index (κ2) is 4.66. The number of phenols is 1. The van der Waals surface area contributed by atoms with Gasteiger partial charge >= 0.3 is 0 Å². The Morgan fingerprint density at radius 3 is 2.86 bits per heavy atom. The van der Waals surface area contributed by atoms with Gasteiger partial charge in [-0.15, -0.1) is 11.6 Å². The van der Waals surface area contributed by atoms with Gasteiger partial charge in [0.2, 0.25) is 0 Å². The maximum absolute atomic E-state index is 9.53. The number of rotatable bonds is 2. The van der Waals surface area contributed by atoms with Gasteiger partial charge < -0.3 is 10.8 Å². The molecular weight excluding hydrogens is 267 g/mol. The molecule has 1 aromatic carbocycles. The third-order valence-electron chi connectivity index (χ3n) is 1.74. The van der Waals surface area contributed by atoms with Gasteiger partial charge in [-0.25, -0.2) is 4.99 Å². The summed E-state index contributed by atoms with van der Waals surface area (Å²) in [5, 5.41) is 9.53. The van der Waals surface area contributed by atoms with Gasteiger partial charge in [0.05, 0.1) is 5.88 Å². The highest BCUT2D eigenvalue weighted by molar-refractivity contribution is 9.10. The molecule has 0 unspecified atom stereocenters. The smallest absolute Gasteiger partial charge is 0.141 e. The lowest BCUT2D eigenvalue weighted by atomic mass is 10.2. The molecule has 0 saturated heterocycles. The van der Waals surface area contributed by atoms with Crippen molar-refractivity contribution in [3.8, 4) is 5.75 Å². The Hall–Kier alpha value is -0.740. The Kier molecular flexibility index (Phi) is 3.77. The van der Waals surface area contributed by atoms with Crippen molar-refractivity contribution in [2.45, 2.75) is 6.92 Å². The van der Waals surface area contributed by atoms with Crippen LogP contribution in [0.25, 0.3) is 0 Å². The highest BCUT2D eigenvalue weighted by Gasteiger charge is 2.07. The van der Waals surface area contributed by atoms with Gasteiger partial charge in [0.25, 0.3) is 0 Å². The van der Waals surface area contributed by atoms with E-state index in [0.717, 1.165) is 10.0 Å². The van der Waals surface area contributed by atoms with E-state index in [4.69, 9.17) is 17.3 Å². The normalized spacial score (nSPS) is 11.8. The number of alkyl halides is 1. The molecule has 76 valence electrons. The summed E-state index contributed by atoms with van der Waals surface area (Å²) in [6.07, 6.45) is 0. The van der Waals surface area contributed by atoms with Crippen LogP contribution in [0.15, 0.2) is 21.6 Å². The number of nitrogens with zero attached hydrogens (tertiary/aromatic N) is 1. The van der Waals surface area contributed by atoms with Crippen molar-refractivity contribution in [1.82, 2.24) is 0 Å². The maximum Gasteiger partial charge on any atom is 0.141 e. The summed E-state index contributed by atoms with van der Waals surface area (Å²) < 4.78 is 0.872. The molecule has 0 saturated carbocycles. The van der Waals surface area contributed by atoms with E-state index < -0.39 is 0 Å². The molecule has 0 atom stereocenters. The number of benzene rings is 1. The lowest BCUT2D eigenvalue weighted by Crippen LogP contribution is -2.12. The molecule has 5 heteroatoms. The number of hydrogen-bond acceptors (Lipinski definition) is 2. The fraction of sp³-hybridized carbons (Fsp3) is 0.222. The Labute approximate surface area is 95.7 Å². The van der Waals surface area contributed by atoms with Crippen LogP contribution < -0.4 is 5.73 Å². The van der Waals surface area contributed by atoms with Crippen molar-refractivity contribution < 1.29 is 5.11 Å². The third kappa shape index (κ3) is 2.39. The number of amidine groups is 1. The summed E-state index contributed by atoms with van der Waals surface area (Å²) in [5.41, 5.74) is 6.77. The largest absolute Gasteiger partial charge is 0.506 e. The molecule has 0 fully saturated rings. The standard InChI is InChI=1S/C9H10BrClN2O/c1-5-6(10)2-3-7(14)9(5)13-8(12)4-11/h2-3,14H,4H2,1H3,(H2,12,13). The topological polar surface area (TPSA) is 58.6 Å². The Morgan fingerprint density at radius 1 is 1.64 bits per heavy atom. The van der Waals surface area contributed by atoms with E-state index in [9.17, 15) is 5.11 Å². The fourth-order valence-corrected chi connectivity index (χ4v) is 1.36. The van der Waals surface area contributed by atoms with Gasteiger partial charge in [-0.3, -0.25) is 0 Å². The van der Waals surface area contributed by atoms with Crippen LogP contribution in [-0.2, 0) is 0 Å². The molecule has 14 heavy (non-hydrogen) atoms. The molecule has 0 amide bonds. The zero-order valence-corrected chi connectivity index (χ0v) is 9.93. The summed E-state index contributed by atoms with van der Waals surface area (Å²) >= 11 is 8.84. The van der Waals surface area contributed by atoms with E-state index in [-0.39, 0.29) is 17.5 Å². The highest BCUT2D eigenvalue weighted by atomic mass is 79.9. The maximum atomic E-state index is 9.53. The van der Waals surface area contributed by atoms with Crippen LogP contribution in [0.5, 0.6) is 5.75 Å². The quantitative estimate of drug-likeness (QED) is 0.496. The minimum Gasteiger partial charge on any atom is -0.506 e. The van der Waals surface area contributed by atoms with Crippen LogP contribution in [0.3, 0.4) is 0 Å². The minimum atomic E-state index is 0.0961. The van der Waals surface area contributed by atoms with Crippen molar-refractivity contribution in [2.24, 2.45) is 10.7 Å². The van der Waals surface area contributed by atoms with Crippen LogP contribution >= 0.6 is 27.5 Å². The fourth-order valence-electron chi connectivity index (χ4n) is 0.976. The number of aromatic hydroxyl groups is 1. The van der Waals surface area contributed by atoms with Crippen LogP contribution in [-0.4, -0.2) is 16.8 Å². The molecule has 1 rings (SSSR count). The van der Waals surface area contributed by atoms with Gasteiger partial charge in [0, 0.05) is 4.47 Å². The molecule has 0 bridgehead atoms. The number of nitrogens with two attached hydrogens (primary N) is 1. The van der Waals surface area contributed by atoms with Crippen molar-refractivity contribution in [2.75, 3.05) is 5.88 Å². The molecule has 0 aliphatic carbocycles. The number of phenolic OH excluding ortho intramolecular Hbond substituents is 1. The van der Waals surface area contributed by atoms with E-state index in [0.29, 0.717) is 5.69 Å². The third-order valence-corrected chi connectivity index (χ3v) is 2.87. The number of aliphatic imine (C=N–C) groups is 1. The first-order valence-electron chi connectivity index (χ1n) is 3.93. The highest BCUT2D eigenvalue weighted by Crippen LogP contribution is 2.34. The van der Waals surface area contributed by atoms with E-state index >= 15 is 0 Å². The van der Waals surface area contributed by atoms with Crippen LogP contribution in [0, 0.1) is 6.92 Å². The van der Waals surface area contributed by atoms with Crippen LogP contribution in [0.1, 0.15) is 5.56 Å². The van der Waals surface area contributed by atoms with Crippen molar-refractivity contribution in [3.05, 3.63) is 22.2 Å². The van der Waals surface area contributed by atoms with E-state index in [1.165, 1.54) is 0 Å². The lowest BCUT2D eigenvalue weighted by Gasteiger charge is -2.06. The predicted octanol–water partition coefficient (Wildman–Crippen LogP) is 2.69. The number of hydrogen-bond donors (Lipinski definition) is 2. The summed E-state index contributed by atoms with van der Waals surface area (Å²) in [7, 11) is 0. The Bertz CT molecular complexity index is 379. The second-order valence-corrected chi connectivity index (χ2v) is 3.90. The summed E-state index contributed by atoms with van der Waals surface area (Å²) in [4.78, 5) is 4.02. The van der Waals surface area contributed by atoms with E-state index in [1.54, 1.807) is 12.1 Å². The molecule has 3 nitrogen and oxygen atoms in total. The zero-order chi connectivity index (χ0) is 10.7. The molecule has 3 N–H and O–H groups in total. The van der Waals surface area contributed by atoms with Gasteiger partial charge in [-0.1, -0.05) is 15.9 Å². The minimum absolute atomic E-state index is 0.0961. The van der Waals surface area contributed by atoms with Gasteiger partial charge in [0.15, 0.2) is 0 Å². The van der Waals surface area contributed by atoms with Crippen LogP contribution in [0.2, 0.25) is 0 Å². The monoisotopic (exact) mass is 276 g/mol. The Balaban J connectivity index is 3.26. The van der Waals surface area contributed by atoms with Crippen molar-refractivity contribution in [3.63, 3.8) is 0 Å². The number of halogens is 2. The van der Waals surface area contributed by atoms with Gasteiger partial charge in [-0.2, -0.15) is 0 Å². The first kappa shape index (κ1) is 11.3. The molecular formula is C9H10BrClN2O. The predicted molar refractivity (Wildman–Crippen MR) is 62.5 cm³/mol. The summed E-state index contributed by atoms with van der Waals surface area (Å²) in [5.74, 6) is 0.521. The summed E-state index contributed by atoms with van der Waals surface area (Å²) in [6, 6.07) is 3.30.